The number of fused-ring (bicyclic) bond motifs is 1. The zero-order chi connectivity index (χ0) is 12.0. The van der Waals surface area contributed by atoms with Crippen LogP contribution in [0.25, 0.3) is 5.65 Å². The summed E-state index contributed by atoms with van der Waals surface area (Å²) in [6, 6.07) is 3.62. The minimum Gasteiger partial charge on any atom is -0.363 e. The quantitative estimate of drug-likeness (QED) is 0.830. The number of hydrogen-bond acceptors (Lipinski definition) is 4. The Bertz CT molecular complexity index is 608. The van der Waals surface area contributed by atoms with Crippen molar-refractivity contribution in [1.29, 1.82) is 0 Å². The summed E-state index contributed by atoms with van der Waals surface area (Å²) < 4.78 is 1.27. The van der Waals surface area contributed by atoms with E-state index in [4.69, 9.17) is 0 Å². The highest BCUT2D eigenvalue weighted by Gasteiger charge is 2.37. The molecule has 17 heavy (non-hydrogen) atoms. The van der Waals surface area contributed by atoms with Crippen molar-refractivity contribution in [2.24, 2.45) is 5.92 Å². The number of hydrogen-bond donors (Lipinski definition) is 2. The average molecular weight is 233 g/mol. The molecule has 1 aliphatic rings. The first-order valence-corrected chi connectivity index (χ1v) is 5.79. The second-order valence-electron chi connectivity index (χ2n) is 5.14. The zero-order valence-electron chi connectivity index (χ0n) is 9.90. The molecule has 0 aliphatic heterocycles. The van der Waals surface area contributed by atoms with Gasteiger partial charge in [-0.1, -0.05) is 0 Å². The molecule has 0 spiro atoms. The third kappa shape index (κ3) is 1.79. The van der Waals surface area contributed by atoms with Crippen LogP contribution in [0.1, 0.15) is 26.7 Å². The Balaban J connectivity index is 1.95. The number of rotatable bonds is 3. The Morgan fingerprint density at radius 3 is 2.94 bits per heavy atom. The summed E-state index contributed by atoms with van der Waals surface area (Å²) in [4.78, 5) is 11.4. The van der Waals surface area contributed by atoms with E-state index in [0.29, 0.717) is 17.4 Å². The van der Waals surface area contributed by atoms with Crippen molar-refractivity contribution in [3.63, 3.8) is 0 Å². The van der Waals surface area contributed by atoms with Crippen LogP contribution in [0.5, 0.6) is 0 Å². The Labute approximate surface area is 98.0 Å². The molecule has 0 unspecified atom stereocenters. The van der Waals surface area contributed by atoms with Gasteiger partial charge in [-0.3, -0.25) is 0 Å². The van der Waals surface area contributed by atoms with Crippen molar-refractivity contribution in [2.45, 2.75) is 32.2 Å². The molecular weight excluding hydrogens is 218 g/mol. The Kier molecular flexibility index (Phi) is 2.01. The van der Waals surface area contributed by atoms with Gasteiger partial charge in [-0.2, -0.15) is 9.61 Å². The summed E-state index contributed by atoms with van der Waals surface area (Å²) >= 11 is 0. The monoisotopic (exact) mass is 233 g/mol. The molecule has 6 heteroatoms. The Morgan fingerprint density at radius 2 is 2.24 bits per heavy atom. The fourth-order valence-corrected chi connectivity index (χ4v) is 2.11. The number of anilines is 1. The van der Waals surface area contributed by atoms with E-state index < -0.39 is 0 Å². The normalized spacial score (nSPS) is 16.4. The number of aromatic nitrogens is 4. The lowest BCUT2D eigenvalue weighted by atomic mass is 9.99. The molecule has 1 fully saturated rings. The van der Waals surface area contributed by atoms with E-state index in [9.17, 15) is 4.79 Å². The van der Waals surface area contributed by atoms with Crippen molar-refractivity contribution in [3.8, 4) is 0 Å². The maximum Gasteiger partial charge on any atom is 0.364 e. The molecule has 0 radical (unpaired) electrons. The molecule has 3 rings (SSSR count). The van der Waals surface area contributed by atoms with E-state index in [2.05, 4.69) is 34.5 Å². The summed E-state index contributed by atoms with van der Waals surface area (Å²) in [5.74, 6) is 1.40. The van der Waals surface area contributed by atoms with E-state index >= 15 is 0 Å². The third-order valence-corrected chi connectivity index (χ3v) is 3.32. The smallest absolute Gasteiger partial charge is 0.363 e. The molecule has 2 heterocycles. The minimum absolute atomic E-state index is 0.0218. The molecule has 0 atom stereocenters. The molecule has 0 saturated heterocycles. The van der Waals surface area contributed by atoms with E-state index in [-0.39, 0.29) is 11.2 Å². The molecule has 6 nitrogen and oxygen atoms in total. The van der Waals surface area contributed by atoms with Gasteiger partial charge in [0, 0.05) is 5.54 Å². The highest BCUT2D eigenvalue weighted by Crippen LogP contribution is 2.40. The van der Waals surface area contributed by atoms with Gasteiger partial charge in [0.05, 0.1) is 0 Å². The van der Waals surface area contributed by atoms with Gasteiger partial charge >= 0.3 is 5.69 Å². The Morgan fingerprint density at radius 1 is 1.47 bits per heavy atom. The minimum atomic E-state index is -0.312. The fourth-order valence-electron chi connectivity index (χ4n) is 2.11. The third-order valence-electron chi connectivity index (χ3n) is 3.32. The molecule has 2 aromatic rings. The van der Waals surface area contributed by atoms with Gasteiger partial charge in [0.2, 0.25) is 0 Å². The second kappa shape index (κ2) is 3.32. The van der Waals surface area contributed by atoms with E-state index in [0.717, 1.165) is 0 Å². The Hall–Kier alpha value is -1.85. The molecule has 2 aromatic heterocycles. The molecule has 1 saturated carbocycles. The molecule has 0 aromatic carbocycles. The number of nitrogens with one attached hydrogen (secondary N) is 2. The average Bonchev–Trinajstić information content (AvgIpc) is 3.06. The van der Waals surface area contributed by atoms with Crippen LogP contribution in [-0.2, 0) is 0 Å². The first-order chi connectivity index (χ1) is 8.06. The van der Waals surface area contributed by atoms with Gasteiger partial charge in [-0.05, 0) is 44.7 Å². The van der Waals surface area contributed by atoms with Crippen LogP contribution in [0.2, 0.25) is 0 Å². The van der Waals surface area contributed by atoms with Crippen LogP contribution in [0.3, 0.4) is 0 Å². The predicted molar refractivity (Wildman–Crippen MR) is 64.0 cm³/mol. The maximum atomic E-state index is 11.4. The van der Waals surface area contributed by atoms with Crippen LogP contribution in [0.4, 0.5) is 5.82 Å². The lowest BCUT2D eigenvalue weighted by Gasteiger charge is -2.26. The van der Waals surface area contributed by atoms with Crippen molar-refractivity contribution >= 4 is 11.5 Å². The lowest BCUT2D eigenvalue weighted by Crippen LogP contribution is -2.34. The highest BCUT2D eigenvalue weighted by atomic mass is 16.2. The summed E-state index contributed by atoms with van der Waals surface area (Å²) in [6.45, 7) is 4.32. The molecule has 0 bridgehead atoms. The van der Waals surface area contributed by atoms with Crippen molar-refractivity contribution in [1.82, 2.24) is 19.8 Å². The standard InChI is InChI=1S/C11H15N5O/c1-11(2,7-3-4-7)12-8-5-6-9-13-14-10(17)16(9)15-8/h5-7H,3-4H2,1-2H3,(H,12,15)(H,14,17). The molecular formula is C11H15N5O. The second-order valence-corrected chi connectivity index (χ2v) is 5.14. The summed E-state index contributed by atoms with van der Waals surface area (Å²) in [5, 5.41) is 13.8. The summed E-state index contributed by atoms with van der Waals surface area (Å²) in [6.07, 6.45) is 2.52. The zero-order valence-corrected chi connectivity index (χ0v) is 9.90. The highest BCUT2D eigenvalue weighted by molar-refractivity contribution is 5.44. The largest absolute Gasteiger partial charge is 0.364 e. The number of nitrogens with zero attached hydrogens (tertiary/aromatic N) is 3. The lowest BCUT2D eigenvalue weighted by molar-refractivity contribution is 0.491. The van der Waals surface area contributed by atoms with E-state index in [1.54, 1.807) is 6.07 Å². The van der Waals surface area contributed by atoms with Crippen LogP contribution < -0.4 is 11.0 Å². The van der Waals surface area contributed by atoms with Crippen LogP contribution in [0, 0.1) is 5.92 Å². The predicted octanol–water partition coefficient (Wildman–Crippen LogP) is 1.02. The first-order valence-electron chi connectivity index (χ1n) is 5.79. The van der Waals surface area contributed by atoms with Crippen LogP contribution >= 0.6 is 0 Å². The summed E-state index contributed by atoms with van der Waals surface area (Å²) in [5.41, 5.74) is 0.242. The van der Waals surface area contributed by atoms with Gasteiger partial charge in [-0.25, -0.2) is 9.89 Å². The van der Waals surface area contributed by atoms with Crippen molar-refractivity contribution < 1.29 is 0 Å². The first kappa shape index (κ1) is 10.3. The summed E-state index contributed by atoms with van der Waals surface area (Å²) in [7, 11) is 0. The number of aromatic amines is 1. The molecule has 1 aliphatic carbocycles. The molecule has 2 N–H and O–H groups in total. The van der Waals surface area contributed by atoms with Crippen LogP contribution in [-0.4, -0.2) is 25.4 Å². The van der Waals surface area contributed by atoms with Crippen molar-refractivity contribution in [2.75, 3.05) is 5.32 Å². The van der Waals surface area contributed by atoms with Gasteiger partial charge < -0.3 is 5.32 Å². The van der Waals surface area contributed by atoms with Crippen molar-refractivity contribution in [3.05, 3.63) is 22.6 Å². The molecule has 90 valence electrons. The van der Waals surface area contributed by atoms with E-state index in [1.165, 1.54) is 17.4 Å². The van der Waals surface area contributed by atoms with Gasteiger partial charge in [0.15, 0.2) is 5.65 Å². The topological polar surface area (TPSA) is 75.1 Å². The van der Waals surface area contributed by atoms with Gasteiger partial charge in [0.1, 0.15) is 5.82 Å². The van der Waals surface area contributed by atoms with Gasteiger partial charge in [0.25, 0.3) is 0 Å². The fraction of sp³-hybridized carbons (Fsp3) is 0.545. The maximum absolute atomic E-state index is 11.4. The molecule has 0 amide bonds. The van der Waals surface area contributed by atoms with Crippen LogP contribution in [0.15, 0.2) is 16.9 Å². The van der Waals surface area contributed by atoms with E-state index in [1.807, 2.05) is 6.07 Å². The van der Waals surface area contributed by atoms with Gasteiger partial charge in [-0.15, -0.1) is 5.10 Å². The number of H-pyrrole nitrogens is 1. The SMILES string of the molecule is CC(C)(Nc1ccc2n[nH]c(=O)n2n1)C1CC1.